The lowest BCUT2D eigenvalue weighted by Crippen LogP contribution is -2.32. The molecule has 0 amide bonds. The molecule has 1 unspecified atom stereocenters. The Morgan fingerprint density at radius 1 is 1.56 bits per heavy atom. The quantitative estimate of drug-likeness (QED) is 0.319. The van der Waals surface area contributed by atoms with Crippen molar-refractivity contribution in [3.63, 3.8) is 0 Å². The maximum absolute atomic E-state index is 8.36. The van der Waals surface area contributed by atoms with E-state index in [0.29, 0.717) is 12.5 Å². The van der Waals surface area contributed by atoms with Gasteiger partial charge >= 0.3 is 0 Å². The van der Waals surface area contributed by atoms with Crippen molar-refractivity contribution in [3.8, 4) is 0 Å². The summed E-state index contributed by atoms with van der Waals surface area (Å²) in [5.74, 6) is 0.296. The number of hydrogen-bond donors (Lipinski definition) is 1. The van der Waals surface area contributed by atoms with Gasteiger partial charge in [0.2, 0.25) is 0 Å². The minimum Gasteiger partial charge on any atom is -0.404 e. The molecular weight excluding hydrogens is 202 g/mol. The Labute approximate surface area is 97.1 Å². The van der Waals surface area contributed by atoms with Crippen LogP contribution in [-0.4, -0.2) is 18.3 Å². The molecule has 5 heteroatoms. The van der Waals surface area contributed by atoms with E-state index in [1.165, 1.54) is 0 Å². The van der Waals surface area contributed by atoms with Crippen LogP contribution in [0.25, 0.3) is 10.4 Å². The molecule has 0 saturated carbocycles. The van der Waals surface area contributed by atoms with Gasteiger partial charge in [0.05, 0.1) is 12.1 Å². The summed E-state index contributed by atoms with van der Waals surface area (Å²) in [6, 6.07) is 0. The van der Waals surface area contributed by atoms with Crippen molar-refractivity contribution in [1.82, 2.24) is 0 Å². The first-order chi connectivity index (χ1) is 7.50. The first kappa shape index (κ1) is 14.5. The molecule has 0 fully saturated rings. The third-order valence-corrected chi connectivity index (χ3v) is 2.85. The van der Waals surface area contributed by atoms with Gasteiger partial charge in [0.15, 0.2) is 0 Å². The first-order valence-corrected chi connectivity index (χ1v) is 5.47. The summed E-state index contributed by atoms with van der Waals surface area (Å²) in [4.78, 5) is 7.28. The van der Waals surface area contributed by atoms with Crippen molar-refractivity contribution < 1.29 is 0 Å². The van der Waals surface area contributed by atoms with Gasteiger partial charge in [-0.1, -0.05) is 25.9 Å². The molecule has 5 nitrogen and oxygen atoms in total. The molecule has 0 aromatic rings. The third kappa shape index (κ3) is 4.36. The van der Waals surface area contributed by atoms with Crippen molar-refractivity contribution in [2.75, 3.05) is 6.54 Å². The zero-order valence-corrected chi connectivity index (χ0v) is 10.5. The summed E-state index contributed by atoms with van der Waals surface area (Å²) in [5, 5.41) is 3.61. The van der Waals surface area contributed by atoms with E-state index in [2.05, 4.69) is 28.9 Å². The van der Waals surface area contributed by atoms with Crippen LogP contribution in [0.3, 0.4) is 0 Å². The van der Waals surface area contributed by atoms with Crippen molar-refractivity contribution in [1.29, 1.82) is 0 Å². The van der Waals surface area contributed by atoms with Crippen LogP contribution in [0.5, 0.6) is 0 Å². The fraction of sp³-hybridized carbons (Fsp3) is 0.727. The van der Waals surface area contributed by atoms with Crippen LogP contribution in [0.2, 0.25) is 0 Å². The second-order valence-corrected chi connectivity index (χ2v) is 4.25. The van der Waals surface area contributed by atoms with Gasteiger partial charge in [0.1, 0.15) is 0 Å². The van der Waals surface area contributed by atoms with E-state index >= 15 is 0 Å². The first-order valence-electron chi connectivity index (χ1n) is 5.47. The molecule has 1 atom stereocenters. The van der Waals surface area contributed by atoms with Gasteiger partial charge in [-0.3, -0.25) is 4.99 Å². The molecule has 0 aliphatic rings. The third-order valence-electron chi connectivity index (χ3n) is 2.85. The molecular formula is C11H21N5. The van der Waals surface area contributed by atoms with Crippen LogP contribution in [-0.2, 0) is 0 Å². The lowest BCUT2D eigenvalue weighted by molar-refractivity contribution is 0.354. The Hall–Kier alpha value is -1.48. The minimum atomic E-state index is -0.365. The van der Waals surface area contributed by atoms with Crippen molar-refractivity contribution in [2.45, 2.75) is 39.7 Å². The summed E-state index contributed by atoms with van der Waals surface area (Å²) >= 11 is 0. The van der Waals surface area contributed by atoms with Gasteiger partial charge < -0.3 is 5.73 Å². The molecule has 0 heterocycles. The van der Waals surface area contributed by atoms with E-state index in [1.54, 1.807) is 12.4 Å². The second-order valence-electron chi connectivity index (χ2n) is 4.25. The summed E-state index contributed by atoms with van der Waals surface area (Å²) in [6.07, 6.45) is 4.17. The fourth-order valence-corrected chi connectivity index (χ4v) is 1.03. The van der Waals surface area contributed by atoms with E-state index in [-0.39, 0.29) is 5.54 Å². The number of hydrogen-bond acceptors (Lipinski definition) is 3. The fourth-order valence-electron chi connectivity index (χ4n) is 1.03. The highest BCUT2D eigenvalue weighted by molar-refractivity contribution is 5.78. The topological polar surface area (TPSA) is 87.1 Å². The van der Waals surface area contributed by atoms with Gasteiger partial charge in [-0.2, -0.15) is 0 Å². The molecule has 90 valence electrons. The lowest BCUT2D eigenvalue weighted by Gasteiger charge is -2.27. The zero-order valence-electron chi connectivity index (χ0n) is 10.5. The average Bonchev–Trinajstić information content (AvgIpc) is 2.27. The predicted molar refractivity (Wildman–Crippen MR) is 68.3 cm³/mol. The smallest absolute Gasteiger partial charge is 0.0659 e. The average molecular weight is 223 g/mol. The Balaban J connectivity index is 4.86. The van der Waals surface area contributed by atoms with E-state index in [4.69, 9.17) is 11.3 Å². The second kappa shape index (κ2) is 6.90. The molecule has 0 radical (unpaired) electrons. The number of rotatable bonds is 6. The highest BCUT2D eigenvalue weighted by atomic mass is 15.1. The van der Waals surface area contributed by atoms with Crippen molar-refractivity contribution in [3.05, 3.63) is 22.2 Å². The van der Waals surface area contributed by atoms with E-state index in [9.17, 15) is 0 Å². The summed E-state index contributed by atoms with van der Waals surface area (Å²) in [5.41, 5.74) is 14.4. The molecule has 2 N–H and O–H groups in total. The molecule has 0 saturated heterocycles. The maximum Gasteiger partial charge on any atom is 0.0659 e. The number of allylic oxidation sites excluding steroid dienone is 1. The normalized spacial score (nSPS) is 16.2. The molecule has 16 heavy (non-hydrogen) atoms. The Kier molecular flexibility index (Phi) is 6.27. The van der Waals surface area contributed by atoms with Gasteiger partial charge in [-0.25, -0.2) is 0 Å². The SMILES string of the molecule is CCC(C=NC(C)(CN=[N+]=[N-])C(C)C)=CN. The van der Waals surface area contributed by atoms with Crippen LogP contribution in [0.1, 0.15) is 34.1 Å². The zero-order chi connectivity index (χ0) is 12.6. The van der Waals surface area contributed by atoms with Gasteiger partial charge in [-0.05, 0) is 36.6 Å². The molecule has 0 bridgehead atoms. The van der Waals surface area contributed by atoms with Crippen LogP contribution in [0.15, 0.2) is 21.9 Å². The lowest BCUT2D eigenvalue weighted by atomic mass is 9.89. The highest BCUT2D eigenvalue weighted by Crippen LogP contribution is 2.22. The van der Waals surface area contributed by atoms with Gasteiger partial charge in [0, 0.05) is 11.1 Å². The van der Waals surface area contributed by atoms with Crippen LogP contribution in [0, 0.1) is 5.92 Å². The van der Waals surface area contributed by atoms with E-state index < -0.39 is 0 Å². The predicted octanol–water partition coefficient (Wildman–Crippen LogP) is 3.03. The molecule has 0 aliphatic heterocycles. The van der Waals surface area contributed by atoms with Crippen LogP contribution < -0.4 is 5.73 Å². The largest absolute Gasteiger partial charge is 0.404 e. The Morgan fingerprint density at radius 2 is 2.19 bits per heavy atom. The summed E-state index contributed by atoms with van der Waals surface area (Å²) < 4.78 is 0. The summed E-state index contributed by atoms with van der Waals surface area (Å²) in [7, 11) is 0. The van der Waals surface area contributed by atoms with Crippen molar-refractivity contribution in [2.24, 2.45) is 21.8 Å². The number of azide groups is 1. The standard InChI is InChI=1S/C11H21N5/c1-5-10(6-12)7-14-11(4,9(2)3)8-15-16-13/h6-7,9H,5,8,12H2,1-4H3. The summed E-state index contributed by atoms with van der Waals surface area (Å²) in [6.45, 7) is 8.47. The molecule has 0 spiro atoms. The maximum atomic E-state index is 8.36. The number of nitrogens with zero attached hydrogens (tertiary/aromatic N) is 4. The van der Waals surface area contributed by atoms with E-state index in [0.717, 1.165) is 12.0 Å². The molecule has 0 rings (SSSR count). The highest BCUT2D eigenvalue weighted by Gasteiger charge is 2.25. The van der Waals surface area contributed by atoms with Gasteiger partial charge in [-0.15, -0.1) is 0 Å². The molecule has 0 aliphatic carbocycles. The van der Waals surface area contributed by atoms with Crippen molar-refractivity contribution >= 4 is 6.21 Å². The Bertz CT molecular complexity index is 312. The Morgan fingerprint density at radius 3 is 2.56 bits per heavy atom. The molecule has 0 aromatic carbocycles. The number of aliphatic imine (C=N–C) groups is 1. The number of nitrogens with two attached hydrogens (primary N) is 1. The minimum absolute atomic E-state index is 0.296. The monoisotopic (exact) mass is 223 g/mol. The van der Waals surface area contributed by atoms with Gasteiger partial charge in [0.25, 0.3) is 0 Å². The van der Waals surface area contributed by atoms with Crippen LogP contribution >= 0.6 is 0 Å². The van der Waals surface area contributed by atoms with E-state index in [1.807, 2.05) is 13.8 Å². The van der Waals surface area contributed by atoms with Crippen LogP contribution in [0.4, 0.5) is 0 Å². The molecule has 0 aromatic heterocycles.